The largest absolute Gasteiger partial charge is 0.497 e. The molecule has 1 amide bonds. The standard InChI is InChI=1S/C19H15N3O2S/c1-24-15-5-6-16-17(10-15)22-18(21-16)12-3-2-4-14(9-12)20-19(23)13-7-8-25-11-13/h2-11H,1H3,(H,20,23)(H,21,22). The summed E-state index contributed by atoms with van der Waals surface area (Å²) in [5, 5.41) is 6.62. The number of anilines is 1. The van der Waals surface area contributed by atoms with Crippen molar-refractivity contribution in [3.05, 3.63) is 64.9 Å². The molecule has 0 fully saturated rings. The van der Waals surface area contributed by atoms with Crippen molar-refractivity contribution < 1.29 is 9.53 Å². The highest BCUT2D eigenvalue weighted by Gasteiger charge is 2.09. The highest BCUT2D eigenvalue weighted by atomic mass is 32.1. The zero-order valence-corrected chi connectivity index (χ0v) is 14.3. The number of imidazole rings is 1. The van der Waals surface area contributed by atoms with Crippen molar-refractivity contribution in [3.63, 3.8) is 0 Å². The second-order valence-corrected chi connectivity index (χ2v) is 6.30. The summed E-state index contributed by atoms with van der Waals surface area (Å²) in [4.78, 5) is 20.1. The fourth-order valence-electron chi connectivity index (χ4n) is 2.59. The SMILES string of the molecule is COc1ccc2nc(-c3cccc(NC(=O)c4ccsc4)c3)[nH]c2c1. The lowest BCUT2D eigenvalue weighted by molar-refractivity contribution is 0.102. The van der Waals surface area contributed by atoms with E-state index in [1.54, 1.807) is 13.2 Å². The molecule has 0 saturated heterocycles. The number of hydrogen-bond donors (Lipinski definition) is 2. The first kappa shape index (κ1) is 15.4. The molecule has 0 aliphatic carbocycles. The van der Waals surface area contributed by atoms with Gasteiger partial charge in [-0.15, -0.1) is 0 Å². The van der Waals surface area contributed by atoms with Gasteiger partial charge in [-0.1, -0.05) is 12.1 Å². The van der Waals surface area contributed by atoms with Crippen LogP contribution in [0.4, 0.5) is 5.69 Å². The number of hydrogen-bond acceptors (Lipinski definition) is 4. The first-order valence-electron chi connectivity index (χ1n) is 7.71. The summed E-state index contributed by atoms with van der Waals surface area (Å²) in [6, 6.07) is 15.1. The number of nitrogens with one attached hydrogen (secondary N) is 2. The van der Waals surface area contributed by atoms with Crippen molar-refractivity contribution in [2.24, 2.45) is 0 Å². The third-order valence-electron chi connectivity index (χ3n) is 3.87. The fraction of sp³-hybridized carbons (Fsp3) is 0.0526. The van der Waals surface area contributed by atoms with Crippen LogP contribution < -0.4 is 10.1 Å². The summed E-state index contributed by atoms with van der Waals surface area (Å²) >= 11 is 1.50. The summed E-state index contributed by atoms with van der Waals surface area (Å²) in [7, 11) is 1.64. The molecular formula is C19H15N3O2S. The van der Waals surface area contributed by atoms with Crippen LogP contribution in [-0.2, 0) is 0 Å². The van der Waals surface area contributed by atoms with Gasteiger partial charge in [0.2, 0.25) is 0 Å². The Hall–Kier alpha value is -3.12. The quantitative estimate of drug-likeness (QED) is 0.568. The van der Waals surface area contributed by atoms with Gasteiger partial charge in [0.25, 0.3) is 5.91 Å². The van der Waals surface area contributed by atoms with Crippen LogP contribution in [0.2, 0.25) is 0 Å². The summed E-state index contributed by atoms with van der Waals surface area (Å²) in [5.74, 6) is 1.40. The van der Waals surface area contributed by atoms with Crippen molar-refractivity contribution in [1.82, 2.24) is 9.97 Å². The van der Waals surface area contributed by atoms with Gasteiger partial charge in [-0.3, -0.25) is 4.79 Å². The van der Waals surface area contributed by atoms with Crippen molar-refractivity contribution >= 4 is 34.0 Å². The topological polar surface area (TPSA) is 67.0 Å². The van der Waals surface area contributed by atoms with Crippen LogP contribution >= 0.6 is 11.3 Å². The Morgan fingerprint density at radius 3 is 2.92 bits per heavy atom. The van der Waals surface area contributed by atoms with Gasteiger partial charge in [-0.25, -0.2) is 4.98 Å². The molecule has 0 unspecified atom stereocenters. The van der Waals surface area contributed by atoms with Gasteiger partial charge in [0, 0.05) is 22.7 Å². The lowest BCUT2D eigenvalue weighted by Crippen LogP contribution is -2.10. The van der Waals surface area contributed by atoms with Crippen molar-refractivity contribution in [1.29, 1.82) is 0 Å². The minimum absolute atomic E-state index is 0.118. The first-order chi connectivity index (χ1) is 12.2. The van der Waals surface area contributed by atoms with Crippen LogP contribution in [0.25, 0.3) is 22.4 Å². The molecule has 2 heterocycles. The van der Waals surface area contributed by atoms with Crippen molar-refractivity contribution in [3.8, 4) is 17.1 Å². The lowest BCUT2D eigenvalue weighted by Gasteiger charge is -2.05. The van der Waals surface area contributed by atoms with Gasteiger partial charge in [-0.05, 0) is 35.7 Å². The summed E-state index contributed by atoms with van der Waals surface area (Å²) in [6.07, 6.45) is 0. The Balaban J connectivity index is 1.64. The van der Waals surface area contributed by atoms with Crippen molar-refractivity contribution in [2.75, 3.05) is 12.4 Å². The molecule has 0 radical (unpaired) electrons. The first-order valence-corrected chi connectivity index (χ1v) is 8.65. The molecule has 2 aromatic carbocycles. The van der Waals surface area contributed by atoms with Gasteiger partial charge in [-0.2, -0.15) is 11.3 Å². The van der Waals surface area contributed by atoms with Gasteiger partial charge < -0.3 is 15.0 Å². The number of aromatic nitrogens is 2. The van der Waals surface area contributed by atoms with E-state index in [1.165, 1.54) is 11.3 Å². The smallest absolute Gasteiger partial charge is 0.256 e. The maximum atomic E-state index is 12.2. The fourth-order valence-corrected chi connectivity index (χ4v) is 3.23. The Kier molecular flexibility index (Phi) is 3.95. The maximum absolute atomic E-state index is 12.2. The average molecular weight is 349 g/mol. The number of benzene rings is 2. The van der Waals surface area contributed by atoms with E-state index in [9.17, 15) is 4.79 Å². The number of carbonyl (C=O) groups is 1. The molecular weight excluding hydrogens is 334 g/mol. The van der Waals surface area contributed by atoms with E-state index < -0.39 is 0 Å². The molecule has 5 nitrogen and oxygen atoms in total. The summed E-state index contributed by atoms with van der Waals surface area (Å²) < 4.78 is 5.24. The zero-order valence-electron chi connectivity index (χ0n) is 13.4. The highest BCUT2D eigenvalue weighted by Crippen LogP contribution is 2.25. The number of nitrogens with zero attached hydrogens (tertiary/aromatic N) is 1. The number of H-pyrrole nitrogens is 1. The number of methoxy groups -OCH3 is 1. The van der Waals surface area contributed by atoms with Gasteiger partial charge >= 0.3 is 0 Å². The van der Waals surface area contributed by atoms with E-state index in [1.807, 2.05) is 53.2 Å². The molecule has 124 valence electrons. The Morgan fingerprint density at radius 1 is 1.20 bits per heavy atom. The minimum Gasteiger partial charge on any atom is -0.497 e. The van der Waals surface area contributed by atoms with Gasteiger partial charge in [0.1, 0.15) is 11.6 Å². The zero-order chi connectivity index (χ0) is 17.2. The second kappa shape index (κ2) is 6.41. The number of aromatic amines is 1. The second-order valence-electron chi connectivity index (χ2n) is 5.52. The number of fused-ring (bicyclic) bond motifs is 1. The normalized spacial score (nSPS) is 10.8. The molecule has 4 aromatic rings. The van der Waals surface area contributed by atoms with E-state index in [0.717, 1.165) is 33.9 Å². The molecule has 0 aliphatic rings. The monoisotopic (exact) mass is 349 g/mol. The molecule has 25 heavy (non-hydrogen) atoms. The summed E-state index contributed by atoms with van der Waals surface area (Å²) in [5.41, 5.74) is 4.06. The van der Waals surface area contributed by atoms with E-state index >= 15 is 0 Å². The molecule has 4 rings (SSSR count). The number of carbonyl (C=O) groups excluding carboxylic acids is 1. The minimum atomic E-state index is -0.118. The predicted octanol–water partition coefficient (Wildman–Crippen LogP) is 4.55. The highest BCUT2D eigenvalue weighted by molar-refractivity contribution is 7.08. The summed E-state index contributed by atoms with van der Waals surface area (Å²) in [6.45, 7) is 0. The third-order valence-corrected chi connectivity index (χ3v) is 4.55. The van der Waals surface area contributed by atoms with Crippen LogP contribution in [0.15, 0.2) is 59.3 Å². The maximum Gasteiger partial charge on any atom is 0.256 e. The average Bonchev–Trinajstić information content (AvgIpc) is 3.31. The Morgan fingerprint density at radius 2 is 2.12 bits per heavy atom. The van der Waals surface area contributed by atoms with Crippen LogP contribution in [0.1, 0.15) is 10.4 Å². The molecule has 6 heteroatoms. The van der Waals surface area contributed by atoms with Gasteiger partial charge in [0.05, 0.1) is 23.7 Å². The number of amides is 1. The third kappa shape index (κ3) is 3.12. The van der Waals surface area contributed by atoms with Crippen LogP contribution in [0, 0.1) is 0 Å². The molecule has 2 N–H and O–H groups in total. The van der Waals surface area contributed by atoms with E-state index in [-0.39, 0.29) is 5.91 Å². The van der Waals surface area contributed by atoms with E-state index in [2.05, 4.69) is 15.3 Å². The molecule has 0 spiro atoms. The molecule has 0 bridgehead atoms. The van der Waals surface area contributed by atoms with Crippen LogP contribution in [-0.4, -0.2) is 23.0 Å². The Labute approximate surface area is 148 Å². The lowest BCUT2D eigenvalue weighted by atomic mass is 10.2. The predicted molar refractivity (Wildman–Crippen MR) is 100 cm³/mol. The van der Waals surface area contributed by atoms with E-state index in [0.29, 0.717) is 5.56 Å². The Bertz CT molecular complexity index is 1040. The van der Waals surface area contributed by atoms with Crippen LogP contribution in [0.5, 0.6) is 5.75 Å². The number of thiophene rings is 1. The molecule has 2 aromatic heterocycles. The number of rotatable bonds is 4. The molecule has 0 atom stereocenters. The van der Waals surface area contributed by atoms with Crippen molar-refractivity contribution in [2.45, 2.75) is 0 Å². The van der Waals surface area contributed by atoms with Gasteiger partial charge in [0.15, 0.2) is 0 Å². The number of ether oxygens (including phenoxy) is 1. The molecule has 0 saturated carbocycles. The van der Waals surface area contributed by atoms with E-state index in [4.69, 9.17) is 4.74 Å². The molecule has 0 aliphatic heterocycles. The van der Waals surface area contributed by atoms with Crippen LogP contribution in [0.3, 0.4) is 0 Å².